The van der Waals surface area contributed by atoms with E-state index < -0.39 is 12.1 Å². The fourth-order valence-electron chi connectivity index (χ4n) is 3.25. The molecule has 25 heavy (non-hydrogen) atoms. The molecule has 1 amide bonds. The Morgan fingerprint density at radius 1 is 0.880 bits per heavy atom. The molecule has 1 saturated heterocycles. The summed E-state index contributed by atoms with van der Waals surface area (Å²) in [4.78, 5) is 12.1. The van der Waals surface area contributed by atoms with Crippen LogP contribution < -0.4 is 0 Å². The van der Waals surface area contributed by atoms with E-state index in [0.717, 1.165) is 19.3 Å². The summed E-state index contributed by atoms with van der Waals surface area (Å²) in [5.74, 6) is -0.775. The number of nitrogens with zero attached hydrogens (tertiary/aromatic N) is 2. The summed E-state index contributed by atoms with van der Waals surface area (Å²) in [6, 6.07) is 10.9. The first-order chi connectivity index (χ1) is 12.1. The van der Waals surface area contributed by atoms with Crippen LogP contribution in [0.4, 0.5) is 13.6 Å². The van der Waals surface area contributed by atoms with Crippen molar-refractivity contribution in [3.63, 3.8) is 0 Å². The summed E-state index contributed by atoms with van der Waals surface area (Å²) in [6.45, 7) is 1.29. The number of halogens is 2. The second kappa shape index (κ2) is 7.61. The maximum Gasteiger partial charge on any atom is 0.422 e. The largest absolute Gasteiger partial charge is 0.464 e. The summed E-state index contributed by atoms with van der Waals surface area (Å²) < 4.78 is 26.7. The Balaban J connectivity index is 2.05. The molecule has 132 valence electrons. The zero-order valence-electron chi connectivity index (χ0n) is 13.7. The Morgan fingerprint density at radius 3 is 1.72 bits per heavy atom. The summed E-state index contributed by atoms with van der Waals surface area (Å²) >= 11 is 0. The minimum absolute atomic E-state index is 0.388. The summed E-state index contributed by atoms with van der Waals surface area (Å²) in [5, 5.41) is 13.0. The molecule has 2 aromatic carbocycles. The molecule has 3 rings (SSSR count). The molecule has 0 bridgehead atoms. The number of hydrogen-bond acceptors (Lipinski definition) is 2. The van der Waals surface area contributed by atoms with E-state index in [-0.39, 0.29) is 11.6 Å². The number of rotatable bonds is 4. The van der Waals surface area contributed by atoms with Gasteiger partial charge in [-0.3, -0.25) is 0 Å². The first kappa shape index (κ1) is 17.4. The number of hydrogen-bond donors (Lipinski definition) is 1. The molecule has 0 radical (unpaired) electrons. The second-order valence-corrected chi connectivity index (χ2v) is 6.15. The van der Waals surface area contributed by atoms with Crippen LogP contribution in [0.3, 0.4) is 0 Å². The number of carbonyl (C=O) groups is 1. The van der Waals surface area contributed by atoms with Crippen LogP contribution in [0.2, 0.25) is 0 Å². The van der Waals surface area contributed by atoms with Gasteiger partial charge in [0.15, 0.2) is 0 Å². The molecule has 0 atom stereocenters. The van der Waals surface area contributed by atoms with Crippen molar-refractivity contribution < 1.29 is 18.7 Å². The first-order valence-electron chi connectivity index (χ1n) is 8.34. The molecule has 2 aromatic rings. The van der Waals surface area contributed by atoms with E-state index in [4.69, 9.17) is 0 Å². The average molecular weight is 346 g/mol. The molecule has 0 saturated carbocycles. The number of carboxylic acid groups (broad SMARTS) is 1. The standard InChI is InChI=1S/C19H20F2N2O2/c20-16-8-4-14(5-9-16)18(15-6-10-17(21)11-7-15)23(19(24)25)22-12-2-1-3-13-22/h4-11,18H,1-3,12-13H2,(H,24,25). The van der Waals surface area contributed by atoms with Crippen molar-refractivity contribution in [3.05, 3.63) is 71.3 Å². The van der Waals surface area contributed by atoms with Crippen LogP contribution in [-0.4, -0.2) is 34.3 Å². The zero-order valence-corrected chi connectivity index (χ0v) is 13.7. The Kier molecular flexibility index (Phi) is 5.28. The highest BCUT2D eigenvalue weighted by molar-refractivity contribution is 5.66. The molecule has 1 N–H and O–H groups in total. The predicted molar refractivity (Wildman–Crippen MR) is 89.9 cm³/mol. The second-order valence-electron chi connectivity index (χ2n) is 6.15. The third-order valence-electron chi connectivity index (χ3n) is 4.45. The van der Waals surface area contributed by atoms with Crippen molar-refractivity contribution in [1.29, 1.82) is 0 Å². The van der Waals surface area contributed by atoms with E-state index in [1.807, 2.05) is 5.01 Å². The lowest BCUT2D eigenvalue weighted by Gasteiger charge is -2.40. The van der Waals surface area contributed by atoms with Gasteiger partial charge in [0.05, 0.1) is 0 Å². The molecule has 0 aromatic heterocycles. The molecular formula is C19H20F2N2O2. The van der Waals surface area contributed by atoms with Crippen LogP contribution >= 0.6 is 0 Å². The van der Waals surface area contributed by atoms with Gasteiger partial charge in [0, 0.05) is 13.1 Å². The first-order valence-corrected chi connectivity index (χ1v) is 8.34. The van der Waals surface area contributed by atoms with Gasteiger partial charge < -0.3 is 5.11 Å². The molecule has 1 heterocycles. The normalized spacial score (nSPS) is 15.3. The van der Waals surface area contributed by atoms with Crippen LogP contribution in [-0.2, 0) is 0 Å². The van der Waals surface area contributed by atoms with E-state index in [2.05, 4.69) is 0 Å². The predicted octanol–water partition coefficient (Wildman–Crippen LogP) is 4.44. The lowest BCUT2D eigenvalue weighted by atomic mass is 9.98. The highest BCUT2D eigenvalue weighted by atomic mass is 19.1. The number of benzene rings is 2. The van der Waals surface area contributed by atoms with Crippen molar-refractivity contribution in [1.82, 2.24) is 10.0 Å². The van der Waals surface area contributed by atoms with E-state index >= 15 is 0 Å². The Hall–Kier alpha value is -2.47. The minimum Gasteiger partial charge on any atom is -0.464 e. The molecule has 0 unspecified atom stereocenters. The van der Waals surface area contributed by atoms with Crippen molar-refractivity contribution in [2.24, 2.45) is 0 Å². The summed E-state index contributed by atoms with van der Waals surface area (Å²) in [5.41, 5.74) is 1.28. The number of hydrazine groups is 1. The molecule has 1 aliphatic rings. The molecular weight excluding hydrogens is 326 g/mol. The maximum absolute atomic E-state index is 13.3. The summed E-state index contributed by atoms with van der Waals surface area (Å²) in [7, 11) is 0. The van der Waals surface area contributed by atoms with Crippen LogP contribution in [0.5, 0.6) is 0 Å². The van der Waals surface area contributed by atoms with E-state index in [1.165, 1.54) is 29.3 Å². The monoisotopic (exact) mass is 346 g/mol. The fourth-order valence-corrected chi connectivity index (χ4v) is 3.25. The van der Waals surface area contributed by atoms with Crippen LogP contribution in [0, 0.1) is 11.6 Å². The van der Waals surface area contributed by atoms with Gasteiger partial charge in [0.25, 0.3) is 0 Å². The van der Waals surface area contributed by atoms with Gasteiger partial charge in [-0.05, 0) is 48.2 Å². The number of piperidine rings is 1. The maximum atomic E-state index is 13.3. The van der Waals surface area contributed by atoms with E-state index in [9.17, 15) is 18.7 Å². The molecule has 0 spiro atoms. The molecule has 1 fully saturated rings. The Labute approximate surface area is 145 Å². The van der Waals surface area contributed by atoms with Gasteiger partial charge in [0.2, 0.25) is 0 Å². The molecule has 4 nitrogen and oxygen atoms in total. The van der Waals surface area contributed by atoms with Crippen LogP contribution in [0.25, 0.3) is 0 Å². The van der Waals surface area contributed by atoms with Crippen molar-refractivity contribution >= 4 is 6.09 Å². The Bertz CT molecular complexity index is 668. The Morgan fingerprint density at radius 2 is 1.32 bits per heavy atom. The topological polar surface area (TPSA) is 43.8 Å². The van der Waals surface area contributed by atoms with Crippen LogP contribution in [0.15, 0.2) is 48.5 Å². The number of amides is 1. The van der Waals surface area contributed by atoms with Gasteiger partial charge in [-0.2, -0.15) is 0 Å². The molecule has 0 aliphatic carbocycles. The van der Waals surface area contributed by atoms with Crippen LogP contribution in [0.1, 0.15) is 36.4 Å². The zero-order chi connectivity index (χ0) is 17.8. The van der Waals surface area contributed by atoms with Gasteiger partial charge in [0.1, 0.15) is 17.7 Å². The van der Waals surface area contributed by atoms with Crippen molar-refractivity contribution in [3.8, 4) is 0 Å². The highest BCUT2D eigenvalue weighted by Gasteiger charge is 2.32. The summed E-state index contributed by atoms with van der Waals surface area (Å²) in [6.07, 6.45) is 1.83. The van der Waals surface area contributed by atoms with Gasteiger partial charge >= 0.3 is 6.09 Å². The van der Waals surface area contributed by atoms with Crippen molar-refractivity contribution in [2.75, 3.05) is 13.1 Å². The van der Waals surface area contributed by atoms with E-state index in [0.29, 0.717) is 24.2 Å². The lowest BCUT2D eigenvalue weighted by molar-refractivity contribution is -0.0424. The SMILES string of the molecule is O=C(O)N(C(c1ccc(F)cc1)c1ccc(F)cc1)N1CCCCC1. The third-order valence-corrected chi connectivity index (χ3v) is 4.45. The fraction of sp³-hybridized carbons (Fsp3) is 0.316. The minimum atomic E-state index is -1.08. The molecule has 1 aliphatic heterocycles. The highest BCUT2D eigenvalue weighted by Crippen LogP contribution is 2.31. The molecule has 6 heteroatoms. The van der Waals surface area contributed by atoms with E-state index in [1.54, 1.807) is 24.3 Å². The van der Waals surface area contributed by atoms with Crippen molar-refractivity contribution in [2.45, 2.75) is 25.3 Å². The third kappa shape index (κ3) is 3.96. The van der Waals surface area contributed by atoms with Gasteiger partial charge in [-0.25, -0.2) is 23.6 Å². The lowest BCUT2D eigenvalue weighted by Crippen LogP contribution is -2.50. The van der Waals surface area contributed by atoms with Gasteiger partial charge in [-0.1, -0.05) is 30.7 Å². The van der Waals surface area contributed by atoms with Gasteiger partial charge in [-0.15, -0.1) is 0 Å². The quantitative estimate of drug-likeness (QED) is 0.890. The smallest absolute Gasteiger partial charge is 0.422 e. The average Bonchev–Trinajstić information content (AvgIpc) is 2.62.